The molecule has 8 nitrogen and oxygen atoms in total. The summed E-state index contributed by atoms with van der Waals surface area (Å²) in [4.78, 5) is 28.2. The van der Waals surface area contributed by atoms with Gasteiger partial charge < -0.3 is 15.6 Å². The van der Waals surface area contributed by atoms with Crippen LogP contribution < -0.4 is 11.1 Å². The van der Waals surface area contributed by atoms with Gasteiger partial charge in [0.25, 0.3) is 5.97 Å². The first-order chi connectivity index (χ1) is 9.64. The number of nitrogens with two attached hydrogens (primary N) is 1. The Balaban J connectivity index is 0.000000885. The van der Waals surface area contributed by atoms with Crippen molar-refractivity contribution in [2.45, 2.75) is 33.3 Å². The summed E-state index contributed by atoms with van der Waals surface area (Å²) in [6, 6.07) is 3.30. The van der Waals surface area contributed by atoms with Gasteiger partial charge in [-0.15, -0.1) is 0 Å². The maximum atomic E-state index is 11.4. The average Bonchev–Trinajstić information content (AvgIpc) is 2.28. The molecule has 1 aromatic heterocycles. The van der Waals surface area contributed by atoms with Gasteiger partial charge in [0.1, 0.15) is 11.4 Å². The smallest absolute Gasteiger partial charge is 0.413 e. The third-order valence-corrected chi connectivity index (χ3v) is 1.60. The van der Waals surface area contributed by atoms with E-state index < -0.39 is 17.7 Å². The predicted octanol–water partition coefficient (Wildman–Crippen LogP) is 2.14. The van der Waals surface area contributed by atoms with Crippen LogP contribution in [0.4, 0.5) is 16.3 Å². The summed E-state index contributed by atoms with van der Waals surface area (Å²) in [7, 11) is 0. The Morgan fingerprint density at radius 1 is 1.43 bits per heavy atom. The molecule has 116 valence electrons. The van der Waals surface area contributed by atoms with E-state index in [2.05, 4.69) is 15.3 Å². The fourth-order valence-corrected chi connectivity index (χ4v) is 1.03. The minimum atomic E-state index is -0.833. The number of rotatable bonds is 2. The average molecular weight is 296 g/mol. The van der Waals surface area contributed by atoms with E-state index in [4.69, 9.17) is 20.4 Å². The van der Waals surface area contributed by atoms with Crippen molar-refractivity contribution in [2.75, 3.05) is 5.32 Å². The van der Waals surface area contributed by atoms with Crippen LogP contribution in [-0.2, 0) is 9.53 Å². The molecule has 0 aliphatic heterocycles. The molecule has 0 saturated heterocycles. The van der Waals surface area contributed by atoms with E-state index in [0.717, 1.165) is 6.92 Å². The number of aliphatic carboxylic acids is 1. The van der Waals surface area contributed by atoms with Crippen LogP contribution in [-0.4, -0.2) is 34.1 Å². The molecule has 0 radical (unpaired) electrons. The quantitative estimate of drug-likeness (QED) is 0.566. The van der Waals surface area contributed by atoms with Gasteiger partial charge in [0.2, 0.25) is 0 Å². The van der Waals surface area contributed by atoms with Crippen molar-refractivity contribution in [3.8, 4) is 0 Å². The highest BCUT2D eigenvalue weighted by Crippen LogP contribution is 2.13. The highest BCUT2D eigenvalue weighted by atomic mass is 16.6. The van der Waals surface area contributed by atoms with E-state index in [1.165, 1.54) is 12.5 Å². The molecule has 0 aliphatic carbocycles. The van der Waals surface area contributed by atoms with E-state index in [9.17, 15) is 4.79 Å². The second-order valence-corrected chi connectivity index (χ2v) is 4.83. The Bertz CT molecular complexity index is 488. The SMILES string of the molecule is CC(=O)O.CC(C)(C)OC(=O)Nc1ccc(N=CN)cn1. The number of pyridine rings is 1. The maximum Gasteiger partial charge on any atom is 0.413 e. The van der Waals surface area contributed by atoms with Crippen LogP contribution in [0, 0.1) is 0 Å². The third-order valence-electron chi connectivity index (χ3n) is 1.60. The summed E-state index contributed by atoms with van der Waals surface area (Å²) in [5, 5.41) is 9.93. The number of nitrogens with one attached hydrogen (secondary N) is 1. The van der Waals surface area contributed by atoms with Gasteiger partial charge in [-0.1, -0.05) is 0 Å². The van der Waals surface area contributed by atoms with Gasteiger partial charge in [0.15, 0.2) is 0 Å². The van der Waals surface area contributed by atoms with Crippen molar-refractivity contribution in [3.05, 3.63) is 18.3 Å². The summed E-state index contributed by atoms with van der Waals surface area (Å²) in [5.41, 5.74) is 5.22. The van der Waals surface area contributed by atoms with Crippen LogP contribution in [0.3, 0.4) is 0 Å². The Labute approximate surface area is 123 Å². The van der Waals surface area contributed by atoms with E-state index >= 15 is 0 Å². The van der Waals surface area contributed by atoms with Crippen LogP contribution in [0.15, 0.2) is 23.3 Å². The summed E-state index contributed by atoms with van der Waals surface area (Å²) >= 11 is 0. The van der Waals surface area contributed by atoms with Crippen molar-refractivity contribution in [2.24, 2.45) is 10.7 Å². The summed E-state index contributed by atoms with van der Waals surface area (Å²) < 4.78 is 5.08. The Morgan fingerprint density at radius 2 is 2.00 bits per heavy atom. The summed E-state index contributed by atoms with van der Waals surface area (Å²) in [5.74, 6) is -0.435. The number of carboxylic acid groups (broad SMARTS) is 1. The molecule has 1 aromatic rings. The molecule has 0 unspecified atom stereocenters. The molecule has 21 heavy (non-hydrogen) atoms. The number of carbonyl (C=O) groups is 2. The normalized spacial score (nSPS) is 10.5. The summed E-state index contributed by atoms with van der Waals surface area (Å²) in [6.45, 7) is 6.46. The monoisotopic (exact) mass is 296 g/mol. The standard InChI is InChI=1S/C11H16N4O2.C2H4O2/c1-11(2,3)17-10(16)15-9-5-4-8(6-13-9)14-7-12;1-2(3)4/h4-7H,1-3H3,(H2,12,14)(H,13,15,16);1H3,(H,3,4). The van der Waals surface area contributed by atoms with Crippen LogP contribution >= 0.6 is 0 Å². The fraction of sp³-hybridized carbons (Fsp3) is 0.385. The Morgan fingerprint density at radius 3 is 2.38 bits per heavy atom. The van der Waals surface area contributed by atoms with Crippen molar-refractivity contribution in [1.82, 2.24) is 4.98 Å². The number of hydrogen-bond acceptors (Lipinski definition) is 5. The lowest BCUT2D eigenvalue weighted by Crippen LogP contribution is -2.27. The molecule has 0 bridgehead atoms. The van der Waals surface area contributed by atoms with Gasteiger partial charge >= 0.3 is 6.09 Å². The Kier molecular flexibility index (Phi) is 7.44. The van der Waals surface area contributed by atoms with E-state index in [0.29, 0.717) is 11.5 Å². The lowest BCUT2D eigenvalue weighted by Gasteiger charge is -2.19. The van der Waals surface area contributed by atoms with Crippen molar-refractivity contribution >= 4 is 29.9 Å². The molecule has 1 rings (SSSR count). The van der Waals surface area contributed by atoms with E-state index in [1.54, 1.807) is 32.9 Å². The first-order valence-corrected chi connectivity index (χ1v) is 6.04. The first kappa shape index (κ1) is 18.4. The molecule has 1 heterocycles. The zero-order chi connectivity index (χ0) is 16.5. The number of ether oxygens (including phenoxy) is 1. The second-order valence-electron chi connectivity index (χ2n) is 4.83. The molecular weight excluding hydrogens is 276 g/mol. The highest BCUT2D eigenvalue weighted by molar-refractivity contribution is 5.83. The predicted molar refractivity (Wildman–Crippen MR) is 79.7 cm³/mol. The lowest BCUT2D eigenvalue weighted by molar-refractivity contribution is -0.134. The van der Waals surface area contributed by atoms with Crippen LogP contribution in [0.5, 0.6) is 0 Å². The van der Waals surface area contributed by atoms with Gasteiger partial charge in [0, 0.05) is 6.92 Å². The lowest BCUT2D eigenvalue weighted by atomic mass is 10.2. The second kappa shape index (κ2) is 8.51. The molecular formula is C13H20N4O4. The number of amides is 1. The highest BCUT2D eigenvalue weighted by Gasteiger charge is 2.16. The van der Waals surface area contributed by atoms with Crippen molar-refractivity contribution in [3.63, 3.8) is 0 Å². The van der Waals surface area contributed by atoms with Gasteiger partial charge in [-0.2, -0.15) is 0 Å². The molecule has 0 fully saturated rings. The van der Waals surface area contributed by atoms with Crippen LogP contribution in [0.25, 0.3) is 0 Å². The molecule has 0 aliphatic rings. The van der Waals surface area contributed by atoms with E-state index in [-0.39, 0.29) is 0 Å². The largest absolute Gasteiger partial charge is 0.481 e. The maximum absolute atomic E-state index is 11.4. The number of carboxylic acids is 1. The number of aliphatic imine (C=N–C) groups is 1. The van der Waals surface area contributed by atoms with Crippen LogP contribution in [0.1, 0.15) is 27.7 Å². The molecule has 0 aromatic carbocycles. The molecule has 1 amide bonds. The first-order valence-electron chi connectivity index (χ1n) is 6.04. The zero-order valence-corrected chi connectivity index (χ0v) is 12.5. The van der Waals surface area contributed by atoms with Gasteiger partial charge in [-0.05, 0) is 32.9 Å². The molecule has 0 spiro atoms. The number of hydrogen-bond donors (Lipinski definition) is 3. The zero-order valence-electron chi connectivity index (χ0n) is 12.5. The third kappa shape index (κ3) is 10.9. The number of nitrogens with zero attached hydrogens (tertiary/aromatic N) is 2. The minimum absolute atomic E-state index is 0.398. The van der Waals surface area contributed by atoms with Crippen LogP contribution in [0.2, 0.25) is 0 Å². The summed E-state index contributed by atoms with van der Waals surface area (Å²) in [6.07, 6.45) is 2.13. The number of aromatic nitrogens is 1. The van der Waals surface area contributed by atoms with E-state index in [1.807, 2.05) is 0 Å². The number of carbonyl (C=O) groups excluding carboxylic acids is 1. The molecule has 4 N–H and O–H groups in total. The molecule has 8 heteroatoms. The van der Waals surface area contributed by atoms with Gasteiger partial charge in [-0.3, -0.25) is 10.1 Å². The fourth-order valence-electron chi connectivity index (χ4n) is 1.03. The van der Waals surface area contributed by atoms with Crippen molar-refractivity contribution < 1.29 is 19.4 Å². The topological polar surface area (TPSA) is 127 Å². The van der Waals surface area contributed by atoms with Gasteiger partial charge in [0.05, 0.1) is 18.2 Å². The molecule has 0 saturated carbocycles. The number of anilines is 1. The van der Waals surface area contributed by atoms with Gasteiger partial charge in [-0.25, -0.2) is 14.8 Å². The molecule has 0 atom stereocenters. The van der Waals surface area contributed by atoms with Crippen molar-refractivity contribution in [1.29, 1.82) is 0 Å². The Hall–Kier alpha value is -2.64. The minimum Gasteiger partial charge on any atom is -0.481 e.